The molecular formula is C83H64N4O12. The molecule has 0 bridgehead atoms. The van der Waals surface area contributed by atoms with E-state index in [1.54, 1.807) is 141 Å². The molecule has 16 heteroatoms. The molecule has 0 aliphatic carbocycles. The third-order valence-corrected chi connectivity index (χ3v) is 17.9. The van der Waals surface area contributed by atoms with Gasteiger partial charge in [0.1, 0.15) is 40.2 Å². The number of hydrogen-bond acceptors (Lipinski definition) is 12. The van der Waals surface area contributed by atoms with Gasteiger partial charge in [-0.3, -0.25) is 48.2 Å². The number of benzene rings is 11. The number of aryl methyl sites for hydroxylation is 3. The number of fused-ring (bicyclic) bond motifs is 4. The monoisotopic (exact) mass is 1310 g/mol. The first kappa shape index (κ1) is 64.9. The minimum absolute atomic E-state index is 0.0317. The highest BCUT2D eigenvalue weighted by atomic mass is 16.5. The van der Waals surface area contributed by atoms with Crippen molar-refractivity contribution in [2.75, 3.05) is 31.0 Å². The van der Waals surface area contributed by atoms with Crippen molar-refractivity contribution in [2.45, 2.75) is 40.0 Å². The average Bonchev–Trinajstić information content (AvgIpc) is 1.63. The Bertz CT molecular complexity index is 5140. The highest BCUT2D eigenvalue weighted by Gasteiger charge is 2.40. The first-order chi connectivity index (χ1) is 47.6. The van der Waals surface area contributed by atoms with Gasteiger partial charge < -0.3 is 18.9 Å². The first-order valence-electron chi connectivity index (χ1n) is 31.8. The Morgan fingerprint density at radius 2 is 0.596 bits per heavy atom. The van der Waals surface area contributed by atoms with Gasteiger partial charge in [-0.25, -0.2) is 9.80 Å². The summed E-state index contributed by atoms with van der Waals surface area (Å²) in [6.45, 7) is 10.7. The van der Waals surface area contributed by atoms with Crippen LogP contribution in [0.25, 0.3) is 22.3 Å². The molecule has 99 heavy (non-hydrogen) atoms. The number of imide groups is 4. The lowest BCUT2D eigenvalue weighted by atomic mass is 9.78. The molecule has 4 aliphatic rings. The van der Waals surface area contributed by atoms with Crippen molar-refractivity contribution >= 4 is 58.6 Å². The molecule has 0 spiro atoms. The SMILES string of the molecule is COc1ccc(N2C(=O)c3ccc(-c4ccc5c(c4)C(=O)N(C)C5=O)cc3C2=O)cc1.Cc1ccc(Oc2ccc(C(C)(C)c3ccc(C)cc3)cc2)cc1.Cc1cccc(Oc2cccc(Oc3cccc(N4C(=O)c5ccc(-c6ccc7c(c6)C(=O)N(C)C7=O)cc5C4=O)c3)c2)c1. The molecule has 0 atom stereocenters. The van der Waals surface area contributed by atoms with Crippen LogP contribution in [0.5, 0.6) is 40.2 Å². The Labute approximate surface area is 571 Å². The summed E-state index contributed by atoms with van der Waals surface area (Å²) < 4.78 is 23.1. The molecule has 0 unspecified atom stereocenters. The van der Waals surface area contributed by atoms with Crippen LogP contribution in [0.1, 0.15) is 125 Å². The lowest BCUT2D eigenvalue weighted by Crippen LogP contribution is -2.29. The lowest BCUT2D eigenvalue weighted by Gasteiger charge is -2.26. The number of hydrogen-bond donors (Lipinski definition) is 0. The largest absolute Gasteiger partial charge is 0.497 e. The lowest BCUT2D eigenvalue weighted by molar-refractivity contribution is 0.0678. The van der Waals surface area contributed by atoms with Crippen molar-refractivity contribution in [1.82, 2.24) is 9.80 Å². The molecule has 11 aromatic carbocycles. The molecule has 15 rings (SSSR count). The van der Waals surface area contributed by atoms with E-state index in [2.05, 4.69) is 76.2 Å². The minimum atomic E-state index is -0.468. The third-order valence-electron chi connectivity index (χ3n) is 17.9. The Hall–Kier alpha value is -12.8. The van der Waals surface area contributed by atoms with Crippen LogP contribution in [-0.2, 0) is 5.41 Å². The fraction of sp³-hybridized carbons (Fsp3) is 0.108. The van der Waals surface area contributed by atoms with Crippen LogP contribution in [0.2, 0.25) is 0 Å². The summed E-state index contributed by atoms with van der Waals surface area (Å²) in [5.41, 5.74) is 12.1. The zero-order chi connectivity index (χ0) is 69.6. The Morgan fingerprint density at radius 1 is 0.273 bits per heavy atom. The van der Waals surface area contributed by atoms with E-state index in [9.17, 15) is 38.4 Å². The van der Waals surface area contributed by atoms with E-state index >= 15 is 0 Å². The van der Waals surface area contributed by atoms with Gasteiger partial charge in [0.25, 0.3) is 47.3 Å². The van der Waals surface area contributed by atoms with Crippen LogP contribution in [0.15, 0.2) is 243 Å². The number of carbonyl (C=O) groups is 8. The molecule has 4 aliphatic heterocycles. The molecule has 4 heterocycles. The van der Waals surface area contributed by atoms with Crippen LogP contribution in [0.3, 0.4) is 0 Å². The molecule has 11 aromatic rings. The number of anilines is 2. The number of carbonyl (C=O) groups excluding carboxylic acids is 8. The van der Waals surface area contributed by atoms with Gasteiger partial charge in [-0.05, 0) is 193 Å². The molecule has 0 fully saturated rings. The van der Waals surface area contributed by atoms with Gasteiger partial charge >= 0.3 is 0 Å². The summed E-state index contributed by atoms with van der Waals surface area (Å²) in [7, 11) is 4.42. The average molecular weight is 1310 g/mol. The molecule has 8 amide bonds. The summed E-state index contributed by atoms with van der Waals surface area (Å²) in [6.07, 6.45) is 0. The second kappa shape index (κ2) is 26.4. The van der Waals surface area contributed by atoms with E-state index in [1.165, 1.54) is 36.3 Å². The van der Waals surface area contributed by atoms with Crippen LogP contribution < -0.4 is 28.7 Å². The zero-order valence-corrected chi connectivity index (χ0v) is 55.3. The molecule has 488 valence electrons. The van der Waals surface area contributed by atoms with Crippen molar-refractivity contribution in [3.63, 3.8) is 0 Å². The normalized spacial score (nSPS) is 13.5. The highest BCUT2D eigenvalue weighted by Crippen LogP contribution is 2.39. The van der Waals surface area contributed by atoms with Crippen molar-refractivity contribution < 1.29 is 57.3 Å². The quantitative estimate of drug-likeness (QED) is 0.0996. The molecule has 0 saturated carbocycles. The fourth-order valence-electron chi connectivity index (χ4n) is 12.2. The first-order valence-corrected chi connectivity index (χ1v) is 31.8. The van der Waals surface area contributed by atoms with Gasteiger partial charge in [-0.15, -0.1) is 0 Å². The van der Waals surface area contributed by atoms with Crippen LogP contribution in [0.4, 0.5) is 11.4 Å². The maximum Gasteiger partial charge on any atom is 0.266 e. The third kappa shape index (κ3) is 12.7. The second-order valence-electron chi connectivity index (χ2n) is 24.9. The van der Waals surface area contributed by atoms with Crippen LogP contribution in [-0.4, -0.2) is 78.3 Å². The predicted octanol–water partition coefficient (Wildman–Crippen LogP) is 17.1. The summed E-state index contributed by atoms with van der Waals surface area (Å²) in [5.74, 6) is 1.49. The number of nitrogens with zero attached hydrogens (tertiary/aromatic N) is 4. The van der Waals surface area contributed by atoms with Gasteiger partial charge in [0.05, 0.1) is 63.0 Å². The van der Waals surface area contributed by atoms with E-state index in [0.29, 0.717) is 95.8 Å². The van der Waals surface area contributed by atoms with E-state index in [1.807, 2.05) is 67.6 Å². The maximum atomic E-state index is 13.6. The number of rotatable bonds is 13. The molecule has 16 nitrogen and oxygen atoms in total. The van der Waals surface area contributed by atoms with Crippen molar-refractivity contribution in [2.24, 2.45) is 0 Å². The van der Waals surface area contributed by atoms with Gasteiger partial charge in [-0.2, -0.15) is 0 Å². The molecule has 0 aromatic heterocycles. The minimum Gasteiger partial charge on any atom is -0.497 e. The smallest absolute Gasteiger partial charge is 0.266 e. The molecular weight excluding hydrogens is 1240 g/mol. The Kier molecular flexibility index (Phi) is 17.3. The van der Waals surface area contributed by atoms with E-state index in [4.69, 9.17) is 18.9 Å². The number of amides is 8. The van der Waals surface area contributed by atoms with Crippen LogP contribution >= 0.6 is 0 Å². The van der Waals surface area contributed by atoms with Crippen molar-refractivity contribution in [3.8, 4) is 62.5 Å². The second-order valence-corrected chi connectivity index (χ2v) is 24.9. The molecule has 0 saturated heterocycles. The summed E-state index contributed by atoms with van der Waals surface area (Å²) in [4.78, 5) is 106. The molecule has 0 N–H and O–H groups in total. The Morgan fingerprint density at radius 3 is 1.04 bits per heavy atom. The van der Waals surface area contributed by atoms with E-state index < -0.39 is 23.6 Å². The summed E-state index contributed by atoms with van der Waals surface area (Å²) in [5, 5.41) is 0. The van der Waals surface area contributed by atoms with Gasteiger partial charge in [0.15, 0.2) is 0 Å². The standard InChI is InChI=1S/C36H24N2O6.C24H16N2O5.C23H24O/c1-21-6-3-8-25(16-21)43-27-10-5-11-28(20-27)44-26-9-4-7-24(19-26)38-35(41)30-15-13-23(18-32(30)36(38)42)22-12-14-29-31(17-22)34(40)37(2)33(29)39;1-25-21(27)17-9-3-13(11-19(17)22(25)28)14-4-10-18-20(12-14)24(30)26(23(18)29)15-5-7-16(31-2)8-6-15;1-17-5-9-19(10-6-17)23(3,4)20-11-15-22(16-12-20)24-21-13-7-18(2)8-14-21/h3-20H,1-2H3;3-12H,1-2H3;5-16H,1-4H3. The number of methoxy groups -OCH3 is 1. The Balaban J connectivity index is 0.000000140. The predicted molar refractivity (Wildman–Crippen MR) is 377 cm³/mol. The molecule has 0 radical (unpaired) electrons. The topological polar surface area (TPSA) is 186 Å². The van der Waals surface area contributed by atoms with Crippen molar-refractivity contribution in [1.29, 1.82) is 0 Å². The summed E-state index contributed by atoms with van der Waals surface area (Å²) in [6, 6.07) is 73.6. The number of ether oxygens (including phenoxy) is 4. The maximum absolute atomic E-state index is 13.6. The van der Waals surface area contributed by atoms with Crippen LogP contribution in [0, 0.1) is 20.8 Å². The fourth-order valence-corrected chi connectivity index (χ4v) is 12.2. The zero-order valence-electron chi connectivity index (χ0n) is 55.3. The van der Waals surface area contributed by atoms with E-state index in [0.717, 1.165) is 36.7 Å². The van der Waals surface area contributed by atoms with Gasteiger partial charge in [0.2, 0.25) is 0 Å². The van der Waals surface area contributed by atoms with Gasteiger partial charge in [0, 0.05) is 31.6 Å². The van der Waals surface area contributed by atoms with E-state index in [-0.39, 0.29) is 40.2 Å². The van der Waals surface area contributed by atoms with Crippen molar-refractivity contribution in [3.05, 3.63) is 315 Å². The summed E-state index contributed by atoms with van der Waals surface area (Å²) >= 11 is 0. The highest BCUT2D eigenvalue weighted by molar-refractivity contribution is 6.36. The van der Waals surface area contributed by atoms with Gasteiger partial charge in [-0.1, -0.05) is 122 Å².